The highest BCUT2D eigenvalue weighted by molar-refractivity contribution is 7.92. The molecule has 8 nitrogen and oxygen atoms in total. The third-order valence-electron chi connectivity index (χ3n) is 5.52. The molecule has 1 amide bonds. The Morgan fingerprint density at radius 3 is 2.44 bits per heavy atom. The number of hydrogen-bond acceptors (Lipinski definition) is 6. The van der Waals surface area contributed by atoms with E-state index in [9.17, 15) is 13.2 Å². The number of nitrogens with zero attached hydrogens (tertiary/aromatic N) is 1. The maximum atomic E-state index is 13.2. The van der Waals surface area contributed by atoms with E-state index in [0.717, 1.165) is 24.1 Å². The van der Waals surface area contributed by atoms with Gasteiger partial charge in [-0.05, 0) is 60.9 Å². The first-order valence-electron chi connectivity index (χ1n) is 10.8. The van der Waals surface area contributed by atoms with Crippen LogP contribution in [-0.4, -0.2) is 41.7 Å². The van der Waals surface area contributed by atoms with E-state index < -0.39 is 10.0 Å². The van der Waals surface area contributed by atoms with E-state index in [1.54, 1.807) is 30.3 Å². The van der Waals surface area contributed by atoms with Crippen molar-refractivity contribution in [1.82, 2.24) is 0 Å². The van der Waals surface area contributed by atoms with Crippen molar-refractivity contribution in [3.05, 3.63) is 72.3 Å². The van der Waals surface area contributed by atoms with Crippen LogP contribution in [0.4, 0.5) is 11.4 Å². The number of methoxy groups -OCH3 is 2. The molecule has 0 unspecified atom stereocenters. The van der Waals surface area contributed by atoms with E-state index in [1.807, 2.05) is 24.3 Å². The number of aryl methyl sites for hydroxylation is 1. The van der Waals surface area contributed by atoms with Crippen molar-refractivity contribution in [2.24, 2.45) is 0 Å². The van der Waals surface area contributed by atoms with Crippen molar-refractivity contribution < 1.29 is 27.4 Å². The van der Waals surface area contributed by atoms with Crippen LogP contribution >= 0.6 is 0 Å². The largest absolute Gasteiger partial charge is 0.493 e. The lowest BCUT2D eigenvalue weighted by atomic mass is 10.0. The summed E-state index contributed by atoms with van der Waals surface area (Å²) in [7, 11) is -0.652. The second-order valence-electron chi connectivity index (χ2n) is 7.69. The Hall–Kier alpha value is -3.72. The van der Waals surface area contributed by atoms with Crippen molar-refractivity contribution in [2.45, 2.75) is 17.7 Å². The van der Waals surface area contributed by atoms with Gasteiger partial charge in [-0.1, -0.05) is 18.2 Å². The molecule has 9 heteroatoms. The average Bonchev–Trinajstić information content (AvgIpc) is 2.87. The molecule has 3 aromatic carbocycles. The third kappa shape index (κ3) is 4.94. The van der Waals surface area contributed by atoms with Gasteiger partial charge in [-0.15, -0.1) is 0 Å². The molecule has 178 valence electrons. The summed E-state index contributed by atoms with van der Waals surface area (Å²) in [6.45, 7) is 0.202. The number of nitrogens with one attached hydrogen (secondary N) is 1. The molecule has 0 saturated heterocycles. The lowest BCUT2D eigenvalue weighted by Gasteiger charge is -2.30. The maximum Gasteiger partial charge on any atom is 0.264 e. The van der Waals surface area contributed by atoms with Crippen LogP contribution in [-0.2, 0) is 21.2 Å². The van der Waals surface area contributed by atoms with Gasteiger partial charge in [0.05, 0.1) is 24.8 Å². The first-order valence-corrected chi connectivity index (χ1v) is 12.2. The van der Waals surface area contributed by atoms with Crippen LogP contribution in [0.15, 0.2) is 71.6 Å². The van der Waals surface area contributed by atoms with Crippen molar-refractivity contribution in [3.8, 4) is 17.2 Å². The van der Waals surface area contributed by atoms with Gasteiger partial charge in [0.25, 0.3) is 15.9 Å². The highest BCUT2D eigenvalue weighted by Crippen LogP contribution is 2.32. The van der Waals surface area contributed by atoms with Crippen molar-refractivity contribution in [1.29, 1.82) is 0 Å². The number of anilines is 2. The first-order chi connectivity index (χ1) is 16.4. The van der Waals surface area contributed by atoms with E-state index in [0.29, 0.717) is 29.5 Å². The molecule has 0 aliphatic carbocycles. The number of hydrogen-bond donors (Lipinski definition) is 1. The molecule has 0 atom stereocenters. The van der Waals surface area contributed by atoms with Crippen LogP contribution in [0.2, 0.25) is 0 Å². The minimum atomic E-state index is -3.70. The van der Waals surface area contributed by atoms with Crippen LogP contribution in [0.5, 0.6) is 17.2 Å². The molecule has 0 fully saturated rings. The smallest absolute Gasteiger partial charge is 0.264 e. The quantitative estimate of drug-likeness (QED) is 0.524. The predicted molar refractivity (Wildman–Crippen MR) is 129 cm³/mol. The SMILES string of the molecule is COc1ccc(NC(=O)COc2ccc(S(=O)(=O)N3CCCc4ccccc43)cc2)cc1OC. The van der Waals surface area contributed by atoms with E-state index >= 15 is 0 Å². The molecule has 1 N–H and O–H groups in total. The molecule has 3 aromatic rings. The number of carbonyl (C=O) groups is 1. The molecule has 4 rings (SSSR count). The fraction of sp³-hybridized carbons (Fsp3) is 0.240. The predicted octanol–water partition coefficient (Wildman–Crippen LogP) is 3.86. The van der Waals surface area contributed by atoms with Gasteiger partial charge in [0.1, 0.15) is 5.75 Å². The molecule has 1 aliphatic heterocycles. The van der Waals surface area contributed by atoms with Gasteiger partial charge in [0, 0.05) is 18.3 Å². The van der Waals surface area contributed by atoms with Gasteiger partial charge in [-0.2, -0.15) is 0 Å². The summed E-state index contributed by atoms with van der Waals surface area (Å²) < 4.78 is 43.9. The van der Waals surface area contributed by atoms with Crippen molar-refractivity contribution >= 4 is 27.3 Å². The molecule has 0 bridgehead atoms. The number of benzene rings is 3. The summed E-state index contributed by atoms with van der Waals surface area (Å²) >= 11 is 0. The zero-order chi connectivity index (χ0) is 24.1. The number of carbonyl (C=O) groups excluding carboxylic acids is 1. The highest BCUT2D eigenvalue weighted by atomic mass is 32.2. The average molecular weight is 483 g/mol. The van der Waals surface area contributed by atoms with Gasteiger partial charge < -0.3 is 19.5 Å². The Kier molecular flexibility index (Phi) is 6.93. The molecule has 0 saturated carbocycles. The molecule has 0 radical (unpaired) electrons. The Labute approximate surface area is 199 Å². The third-order valence-corrected chi connectivity index (χ3v) is 7.34. The second kappa shape index (κ2) is 10.0. The van der Waals surface area contributed by atoms with E-state index in [2.05, 4.69) is 5.32 Å². The minimum Gasteiger partial charge on any atom is -0.493 e. The lowest BCUT2D eigenvalue weighted by molar-refractivity contribution is -0.118. The zero-order valence-corrected chi connectivity index (χ0v) is 19.8. The Morgan fingerprint density at radius 2 is 1.71 bits per heavy atom. The molecule has 1 aliphatic rings. The van der Waals surface area contributed by atoms with Crippen LogP contribution in [0.25, 0.3) is 0 Å². The summed E-state index contributed by atoms with van der Waals surface area (Å²) in [6, 6.07) is 18.7. The molecular weight excluding hydrogens is 456 g/mol. The number of amides is 1. The molecule has 34 heavy (non-hydrogen) atoms. The van der Waals surface area contributed by atoms with Crippen molar-refractivity contribution in [3.63, 3.8) is 0 Å². The van der Waals surface area contributed by atoms with Gasteiger partial charge in [0.2, 0.25) is 0 Å². The van der Waals surface area contributed by atoms with Crippen LogP contribution in [0, 0.1) is 0 Å². The minimum absolute atomic E-state index is 0.173. The standard InChI is InChI=1S/C25H26N2O6S/c1-31-23-14-9-19(16-24(23)32-2)26-25(28)17-33-20-10-12-21(13-11-20)34(29,30)27-15-5-7-18-6-3-4-8-22(18)27/h3-4,6,8-14,16H,5,7,15,17H2,1-2H3,(H,26,28). The summed E-state index contributed by atoms with van der Waals surface area (Å²) in [5.74, 6) is 1.07. The molecule has 1 heterocycles. The van der Waals surface area contributed by atoms with Crippen molar-refractivity contribution in [2.75, 3.05) is 37.0 Å². The zero-order valence-electron chi connectivity index (χ0n) is 19.0. The van der Waals surface area contributed by atoms with E-state index in [-0.39, 0.29) is 17.4 Å². The molecular formula is C25H26N2O6S. The second-order valence-corrected chi connectivity index (χ2v) is 9.55. The molecule has 0 spiro atoms. The fourth-order valence-corrected chi connectivity index (χ4v) is 5.38. The number of fused-ring (bicyclic) bond motifs is 1. The molecule has 0 aromatic heterocycles. The Bertz CT molecular complexity index is 1270. The number of para-hydroxylation sites is 1. The summed E-state index contributed by atoms with van der Waals surface area (Å²) in [4.78, 5) is 12.5. The summed E-state index contributed by atoms with van der Waals surface area (Å²) in [5.41, 5.74) is 2.29. The van der Waals surface area contributed by atoms with E-state index in [1.165, 1.54) is 30.7 Å². The maximum absolute atomic E-state index is 13.2. The summed E-state index contributed by atoms with van der Waals surface area (Å²) in [5, 5.41) is 2.72. The van der Waals surface area contributed by atoms with E-state index in [4.69, 9.17) is 14.2 Å². The van der Waals surface area contributed by atoms with Crippen LogP contribution < -0.4 is 23.8 Å². The topological polar surface area (TPSA) is 94.2 Å². The lowest BCUT2D eigenvalue weighted by Crippen LogP contribution is -2.35. The monoisotopic (exact) mass is 482 g/mol. The van der Waals surface area contributed by atoms with Gasteiger partial charge in [-0.3, -0.25) is 9.10 Å². The van der Waals surface area contributed by atoms with Gasteiger partial charge >= 0.3 is 0 Å². The Morgan fingerprint density at radius 1 is 0.971 bits per heavy atom. The normalized spacial score (nSPS) is 13.1. The number of rotatable bonds is 8. The number of sulfonamides is 1. The Balaban J connectivity index is 1.39. The highest BCUT2D eigenvalue weighted by Gasteiger charge is 2.28. The van der Waals surface area contributed by atoms with Crippen LogP contribution in [0.1, 0.15) is 12.0 Å². The number of ether oxygens (including phenoxy) is 3. The van der Waals surface area contributed by atoms with Gasteiger partial charge in [0.15, 0.2) is 18.1 Å². The van der Waals surface area contributed by atoms with Gasteiger partial charge in [-0.25, -0.2) is 8.42 Å². The fourth-order valence-electron chi connectivity index (χ4n) is 3.84. The first kappa shape index (κ1) is 23.4. The summed E-state index contributed by atoms with van der Waals surface area (Å²) in [6.07, 6.45) is 1.63. The van der Waals surface area contributed by atoms with Crippen LogP contribution in [0.3, 0.4) is 0 Å².